The van der Waals surface area contributed by atoms with Gasteiger partial charge in [0, 0.05) is 29.2 Å². The average Bonchev–Trinajstić information content (AvgIpc) is 2.91. The van der Waals surface area contributed by atoms with Crippen LogP contribution in [-0.4, -0.2) is 10.4 Å². The molecule has 0 aliphatic carbocycles. The molecule has 0 aliphatic rings. The van der Waals surface area contributed by atoms with Crippen LogP contribution in [0.2, 0.25) is 5.02 Å². The number of benzene rings is 1. The van der Waals surface area contributed by atoms with Crippen LogP contribution in [0.4, 0.5) is 10.1 Å². The number of hydrogen-bond acceptors (Lipinski definition) is 1. The zero-order valence-corrected chi connectivity index (χ0v) is 13.2. The molecule has 1 aromatic carbocycles. The van der Waals surface area contributed by atoms with Crippen molar-refractivity contribution in [2.45, 2.75) is 32.7 Å². The van der Waals surface area contributed by atoms with Crippen LogP contribution < -0.4 is 0 Å². The van der Waals surface area contributed by atoms with Gasteiger partial charge in [0.1, 0.15) is 5.82 Å². The summed E-state index contributed by atoms with van der Waals surface area (Å²) in [6.45, 7) is 10.9. The number of hydrogen-bond donors (Lipinski definition) is 0. The molecule has 0 unspecified atom stereocenters. The lowest BCUT2D eigenvalue weighted by Gasteiger charge is -2.12. The molecule has 2 aromatic rings. The van der Waals surface area contributed by atoms with Crippen molar-refractivity contribution in [3.8, 4) is 0 Å². The minimum Gasteiger partial charge on any atom is -0.354 e. The Morgan fingerprint density at radius 3 is 2.77 bits per heavy atom. The minimum atomic E-state index is -0.401. The molecule has 5 heteroatoms. The van der Waals surface area contributed by atoms with Gasteiger partial charge in [-0.05, 0) is 38.5 Å². The molecule has 0 saturated carbocycles. The quantitative estimate of drug-likeness (QED) is 0.548. The zero-order valence-electron chi connectivity index (χ0n) is 12.4. The zero-order chi connectivity index (χ0) is 16.3. The van der Waals surface area contributed by atoms with Gasteiger partial charge in [-0.3, -0.25) is 4.79 Å². The summed E-state index contributed by atoms with van der Waals surface area (Å²) in [5, 5.41) is 0.328. The van der Waals surface area contributed by atoms with E-state index in [9.17, 15) is 9.18 Å². The highest BCUT2D eigenvalue weighted by Gasteiger charge is 2.17. The Kier molecular flexibility index (Phi) is 4.99. The van der Waals surface area contributed by atoms with Crippen LogP contribution in [0.5, 0.6) is 0 Å². The van der Waals surface area contributed by atoms with Crippen molar-refractivity contribution >= 4 is 23.1 Å². The molecule has 0 amide bonds. The Morgan fingerprint density at radius 1 is 1.45 bits per heavy atom. The fourth-order valence-corrected chi connectivity index (χ4v) is 2.57. The Labute approximate surface area is 134 Å². The summed E-state index contributed by atoms with van der Waals surface area (Å²) in [7, 11) is 0. The molecule has 1 aromatic heterocycles. The highest BCUT2D eigenvalue weighted by molar-refractivity contribution is 6.31. The molecule has 22 heavy (non-hydrogen) atoms. The largest absolute Gasteiger partial charge is 0.354 e. The molecule has 114 valence electrons. The van der Waals surface area contributed by atoms with Gasteiger partial charge in [-0.2, -0.15) is 0 Å². The van der Waals surface area contributed by atoms with Crippen LogP contribution in [-0.2, 0) is 6.42 Å². The van der Waals surface area contributed by atoms with Gasteiger partial charge in [0.25, 0.3) is 0 Å². The molecule has 3 nitrogen and oxygen atoms in total. The van der Waals surface area contributed by atoms with Crippen LogP contribution >= 0.6 is 11.6 Å². The molecular weight excluding hydrogens is 303 g/mol. The third-order valence-corrected chi connectivity index (χ3v) is 3.82. The van der Waals surface area contributed by atoms with Crippen molar-refractivity contribution in [1.29, 1.82) is 0 Å². The summed E-state index contributed by atoms with van der Waals surface area (Å²) < 4.78 is 15.5. The topological polar surface area (TPSA) is 26.4 Å². The minimum absolute atomic E-state index is 0.0755. The molecule has 0 saturated heterocycles. The molecule has 0 atom stereocenters. The van der Waals surface area contributed by atoms with E-state index in [1.54, 1.807) is 22.9 Å². The Morgan fingerprint density at radius 2 is 2.18 bits per heavy atom. The number of aromatic nitrogens is 1. The lowest BCUT2D eigenvalue weighted by Crippen LogP contribution is -2.11. The lowest BCUT2D eigenvalue weighted by molar-refractivity contribution is 0.0972. The molecule has 0 radical (unpaired) electrons. The fourth-order valence-electron chi connectivity index (χ4n) is 2.31. The molecule has 0 spiro atoms. The highest BCUT2D eigenvalue weighted by atomic mass is 35.5. The summed E-state index contributed by atoms with van der Waals surface area (Å²) in [5.41, 5.74) is 1.26. The monoisotopic (exact) mass is 318 g/mol. The SMILES string of the molecule is [C-]#[N+]c1cc(C(=O)CCc2c(F)cccc2Cl)n(C(C)C)c1. The van der Waals surface area contributed by atoms with E-state index < -0.39 is 5.82 Å². The summed E-state index contributed by atoms with van der Waals surface area (Å²) in [6.07, 6.45) is 2.05. The van der Waals surface area contributed by atoms with Gasteiger partial charge in [0.2, 0.25) is 5.69 Å². The van der Waals surface area contributed by atoms with Crippen molar-refractivity contribution in [2.24, 2.45) is 0 Å². The van der Waals surface area contributed by atoms with Gasteiger partial charge in [0.05, 0.1) is 12.3 Å². The first kappa shape index (κ1) is 16.3. The molecule has 0 fully saturated rings. The normalized spacial score (nSPS) is 10.7. The van der Waals surface area contributed by atoms with Crippen LogP contribution in [0.15, 0.2) is 30.5 Å². The lowest BCUT2D eigenvalue weighted by atomic mass is 10.1. The fraction of sp³-hybridized carbons (Fsp3) is 0.294. The van der Waals surface area contributed by atoms with Crippen molar-refractivity contribution in [3.63, 3.8) is 0 Å². The number of carbonyl (C=O) groups excluding carboxylic acids is 1. The van der Waals surface area contributed by atoms with Gasteiger partial charge < -0.3 is 4.57 Å². The second-order valence-electron chi connectivity index (χ2n) is 5.32. The Hall–Kier alpha value is -2.12. The van der Waals surface area contributed by atoms with E-state index in [0.29, 0.717) is 22.0 Å². The van der Waals surface area contributed by atoms with Gasteiger partial charge in [-0.1, -0.05) is 17.7 Å². The maximum atomic E-state index is 13.7. The molecule has 0 aliphatic heterocycles. The van der Waals surface area contributed by atoms with E-state index in [4.69, 9.17) is 18.2 Å². The standard InChI is InChI=1S/C17H16ClFN2O/c1-11(2)21-10-12(20-3)9-16(21)17(22)8-7-13-14(18)5-4-6-15(13)19/h4-6,9-11H,7-8H2,1-2H3. The van der Waals surface area contributed by atoms with Crippen LogP contribution in [0.1, 0.15) is 42.4 Å². The highest BCUT2D eigenvalue weighted by Crippen LogP contribution is 2.25. The summed E-state index contributed by atoms with van der Waals surface area (Å²) >= 11 is 5.97. The first-order valence-electron chi connectivity index (χ1n) is 6.99. The number of ketones is 1. The van der Waals surface area contributed by atoms with E-state index in [1.165, 1.54) is 12.1 Å². The van der Waals surface area contributed by atoms with E-state index in [1.807, 2.05) is 13.8 Å². The Balaban J connectivity index is 2.20. The van der Waals surface area contributed by atoms with Crippen LogP contribution in [0.3, 0.4) is 0 Å². The molecule has 0 bridgehead atoms. The van der Waals surface area contributed by atoms with Crippen molar-refractivity contribution in [1.82, 2.24) is 4.57 Å². The maximum absolute atomic E-state index is 13.7. The first-order chi connectivity index (χ1) is 10.4. The molecule has 1 heterocycles. The van der Waals surface area contributed by atoms with Crippen molar-refractivity contribution in [2.75, 3.05) is 0 Å². The van der Waals surface area contributed by atoms with E-state index in [2.05, 4.69) is 4.85 Å². The third-order valence-electron chi connectivity index (χ3n) is 3.47. The van der Waals surface area contributed by atoms with E-state index >= 15 is 0 Å². The summed E-state index contributed by atoms with van der Waals surface area (Å²) in [4.78, 5) is 15.8. The van der Waals surface area contributed by atoms with E-state index in [-0.39, 0.29) is 24.7 Å². The van der Waals surface area contributed by atoms with Gasteiger partial charge in [-0.15, -0.1) is 0 Å². The van der Waals surface area contributed by atoms with E-state index in [0.717, 1.165) is 0 Å². The number of rotatable bonds is 5. The van der Waals surface area contributed by atoms with Crippen molar-refractivity contribution in [3.05, 3.63) is 64.0 Å². The molecule has 2 rings (SSSR count). The van der Waals surface area contributed by atoms with Crippen LogP contribution in [0, 0.1) is 12.4 Å². The predicted octanol–water partition coefficient (Wildman–Crippen LogP) is 5.23. The van der Waals surface area contributed by atoms with Crippen molar-refractivity contribution < 1.29 is 9.18 Å². The molecule has 0 N–H and O–H groups in total. The number of carbonyl (C=O) groups is 1. The summed E-state index contributed by atoms with van der Waals surface area (Å²) in [6, 6.07) is 6.14. The van der Waals surface area contributed by atoms with Crippen LogP contribution in [0.25, 0.3) is 4.85 Å². The number of Topliss-reactive ketones (excluding diaryl/α,β-unsaturated/α-hetero) is 1. The number of nitrogens with zero attached hydrogens (tertiary/aromatic N) is 2. The predicted molar refractivity (Wildman–Crippen MR) is 85.1 cm³/mol. The maximum Gasteiger partial charge on any atom is 0.205 e. The smallest absolute Gasteiger partial charge is 0.205 e. The van der Waals surface area contributed by atoms with Gasteiger partial charge in [0.15, 0.2) is 5.78 Å². The summed E-state index contributed by atoms with van der Waals surface area (Å²) in [5.74, 6) is -0.524. The first-order valence-corrected chi connectivity index (χ1v) is 7.37. The Bertz CT molecular complexity index is 723. The number of halogens is 2. The van der Waals surface area contributed by atoms with Gasteiger partial charge >= 0.3 is 0 Å². The third kappa shape index (κ3) is 3.37. The molecular formula is C17H16ClFN2O. The van der Waals surface area contributed by atoms with Gasteiger partial charge in [-0.25, -0.2) is 9.24 Å². The average molecular weight is 319 g/mol. The second-order valence-corrected chi connectivity index (χ2v) is 5.73. The second kappa shape index (κ2) is 6.76.